The lowest BCUT2D eigenvalue weighted by Gasteiger charge is -2.22. The van der Waals surface area contributed by atoms with E-state index in [1.165, 1.54) is 6.07 Å². The van der Waals surface area contributed by atoms with Gasteiger partial charge in [-0.1, -0.05) is 0 Å². The maximum Gasteiger partial charge on any atom is 0.282 e. The predicted octanol–water partition coefficient (Wildman–Crippen LogP) is 3.48. The summed E-state index contributed by atoms with van der Waals surface area (Å²) < 4.78 is 10.7. The quantitative estimate of drug-likeness (QED) is 0.523. The second kappa shape index (κ2) is 8.81. The maximum absolute atomic E-state index is 12.8. The molecule has 8 nitrogen and oxygen atoms in total. The van der Waals surface area contributed by atoms with E-state index >= 15 is 0 Å². The predicted molar refractivity (Wildman–Crippen MR) is 110 cm³/mol. The number of nitro benzene ring substituents is 1. The Morgan fingerprint density at radius 1 is 1.14 bits per heavy atom. The van der Waals surface area contributed by atoms with Crippen LogP contribution in [0.25, 0.3) is 0 Å². The summed E-state index contributed by atoms with van der Waals surface area (Å²) in [5.41, 5.74) is 1.61. The number of nitro groups is 1. The molecule has 29 heavy (non-hydrogen) atoms. The van der Waals surface area contributed by atoms with Gasteiger partial charge in [0.25, 0.3) is 11.6 Å². The first kappa shape index (κ1) is 20.4. The SMILES string of the molecule is COc1ccc(CN(C)c2ccc([N+](=O)[O-])c(C(=O)N3CCCC3)c2)c(OC)c1. The van der Waals surface area contributed by atoms with Gasteiger partial charge in [0, 0.05) is 50.1 Å². The number of nitrogens with zero attached hydrogens (tertiary/aromatic N) is 3. The highest BCUT2D eigenvalue weighted by Crippen LogP contribution is 2.30. The summed E-state index contributed by atoms with van der Waals surface area (Å²) in [5.74, 6) is 1.10. The summed E-state index contributed by atoms with van der Waals surface area (Å²) in [6.45, 7) is 1.78. The summed E-state index contributed by atoms with van der Waals surface area (Å²) in [6, 6.07) is 10.2. The fourth-order valence-electron chi connectivity index (χ4n) is 3.51. The van der Waals surface area contributed by atoms with Crippen molar-refractivity contribution in [3.8, 4) is 11.5 Å². The number of likely N-dealkylation sites (tertiary alicyclic amines) is 1. The van der Waals surface area contributed by atoms with E-state index < -0.39 is 4.92 Å². The van der Waals surface area contributed by atoms with Crippen molar-refractivity contribution in [3.63, 3.8) is 0 Å². The highest BCUT2D eigenvalue weighted by molar-refractivity contribution is 5.99. The van der Waals surface area contributed by atoms with Crippen LogP contribution in [-0.2, 0) is 6.54 Å². The van der Waals surface area contributed by atoms with E-state index in [0.29, 0.717) is 31.1 Å². The number of hydrogen-bond donors (Lipinski definition) is 0. The van der Waals surface area contributed by atoms with Crippen LogP contribution in [0.1, 0.15) is 28.8 Å². The number of anilines is 1. The number of amides is 1. The molecule has 3 rings (SSSR count). The maximum atomic E-state index is 12.8. The van der Waals surface area contributed by atoms with Crippen LogP contribution in [-0.4, -0.2) is 50.1 Å². The third-order valence-corrected chi connectivity index (χ3v) is 5.14. The molecule has 0 atom stereocenters. The van der Waals surface area contributed by atoms with E-state index in [-0.39, 0.29) is 17.2 Å². The van der Waals surface area contributed by atoms with E-state index in [0.717, 1.165) is 24.1 Å². The zero-order chi connectivity index (χ0) is 21.0. The van der Waals surface area contributed by atoms with Crippen LogP contribution >= 0.6 is 0 Å². The Labute approximate surface area is 169 Å². The number of ether oxygens (including phenoxy) is 2. The Morgan fingerprint density at radius 3 is 2.48 bits per heavy atom. The second-order valence-electron chi connectivity index (χ2n) is 6.99. The molecule has 1 amide bonds. The van der Waals surface area contributed by atoms with Crippen molar-refractivity contribution in [3.05, 3.63) is 57.6 Å². The van der Waals surface area contributed by atoms with Crippen molar-refractivity contribution >= 4 is 17.3 Å². The third kappa shape index (κ3) is 4.42. The van der Waals surface area contributed by atoms with Gasteiger partial charge in [-0.05, 0) is 37.1 Å². The zero-order valence-electron chi connectivity index (χ0n) is 16.9. The summed E-state index contributed by atoms with van der Waals surface area (Å²) in [6.07, 6.45) is 1.85. The van der Waals surface area contributed by atoms with Crippen LogP contribution in [0, 0.1) is 10.1 Å². The first-order chi connectivity index (χ1) is 13.9. The van der Waals surface area contributed by atoms with Crippen molar-refractivity contribution in [2.75, 3.05) is 39.3 Å². The number of carbonyl (C=O) groups is 1. The zero-order valence-corrected chi connectivity index (χ0v) is 16.9. The molecule has 1 heterocycles. The fraction of sp³-hybridized carbons (Fsp3) is 0.381. The third-order valence-electron chi connectivity index (χ3n) is 5.14. The summed E-state index contributed by atoms with van der Waals surface area (Å²) >= 11 is 0. The molecule has 2 aromatic rings. The van der Waals surface area contributed by atoms with E-state index in [4.69, 9.17) is 9.47 Å². The lowest BCUT2D eigenvalue weighted by Crippen LogP contribution is -2.28. The largest absolute Gasteiger partial charge is 0.497 e. The van der Waals surface area contributed by atoms with Crippen LogP contribution in [0.2, 0.25) is 0 Å². The second-order valence-corrected chi connectivity index (χ2v) is 6.99. The van der Waals surface area contributed by atoms with Gasteiger partial charge < -0.3 is 19.3 Å². The monoisotopic (exact) mass is 399 g/mol. The minimum atomic E-state index is -0.500. The average Bonchev–Trinajstić information content (AvgIpc) is 3.27. The van der Waals surface area contributed by atoms with Gasteiger partial charge in [0.05, 0.1) is 19.1 Å². The Balaban J connectivity index is 1.89. The Kier molecular flexibility index (Phi) is 6.21. The molecule has 154 valence electrons. The molecule has 0 saturated carbocycles. The molecular weight excluding hydrogens is 374 g/mol. The molecule has 1 aliphatic heterocycles. The number of hydrogen-bond acceptors (Lipinski definition) is 6. The van der Waals surface area contributed by atoms with Gasteiger partial charge in [0.2, 0.25) is 0 Å². The molecule has 0 spiro atoms. The van der Waals surface area contributed by atoms with Crippen LogP contribution in [0.15, 0.2) is 36.4 Å². The summed E-state index contributed by atoms with van der Waals surface area (Å²) in [4.78, 5) is 27.4. The summed E-state index contributed by atoms with van der Waals surface area (Å²) in [7, 11) is 5.06. The Bertz CT molecular complexity index is 909. The van der Waals surface area contributed by atoms with Crippen molar-refractivity contribution in [1.82, 2.24) is 4.90 Å². The van der Waals surface area contributed by atoms with Gasteiger partial charge in [-0.15, -0.1) is 0 Å². The molecule has 0 bridgehead atoms. The van der Waals surface area contributed by atoms with Crippen molar-refractivity contribution in [2.24, 2.45) is 0 Å². The van der Waals surface area contributed by atoms with Gasteiger partial charge in [-0.25, -0.2) is 0 Å². The van der Waals surface area contributed by atoms with Crippen LogP contribution < -0.4 is 14.4 Å². The smallest absolute Gasteiger partial charge is 0.282 e. The molecule has 1 fully saturated rings. The van der Waals surface area contributed by atoms with E-state index in [9.17, 15) is 14.9 Å². The van der Waals surface area contributed by atoms with Crippen molar-refractivity contribution < 1.29 is 19.2 Å². The first-order valence-corrected chi connectivity index (χ1v) is 9.44. The van der Waals surface area contributed by atoms with Crippen molar-refractivity contribution in [2.45, 2.75) is 19.4 Å². The van der Waals surface area contributed by atoms with E-state index in [2.05, 4.69) is 0 Å². The molecule has 0 radical (unpaired) electrons. The Morgan fingerprint density at radius 2 is 1.86 bits per heavy atom. The van der Waals surface area contributed by atoms with Crippen LogP contribution in [0.5, 0.6) is 11.5 Å². The molecular formula is C21H25N3O5. The molecule has 1 saturated heterocycles. The normalized spacial score (nSPS) is 13.3. The van der Waals surface area contributed by atoms with Crippen molar-refractivity contribution in [1.29, 1.82) is 0 Å². The first-order valence-electron chi connectivity index (χ1n) is 9.44. The minimum Gasteiger partial charge on any atom is -0.497 e. The van der Waals surface area contributed by atoms with Gasteiger partial charge in [-0.2, -0.15) is 0 Å². The van der Waals surface area contributed by atoms with Gasteiger partial charge in [-0.3, -0.25) is 14.9 Å². The molecule has 0 N–H and O–H groups in total. The number of carbonyl (C=O) groups excluding carboxylic acids is 1. The Hall–Kier alpha value is -3.29. The summed E-state index contributed by atoms with van der Waals surface area (Å²) in [5, 5.41) is 11.4. The molecule has 1 aliphatic rings. The topological polar surface area (TPSA) is 85.2 Å². The number of benzene rings is 2. The number of methoxy groups -OCH3 is 2. The lowest BCUT2D eigenvalue weighted by molar-refractivity contribution is -0.385. The van der Waals surface area contributed by atoms with Gasteiger partial charge >= 0.3 is 0 Å². The van der Waals surface area contributed by atoms with Crippen LogP contribution in [0.3, 0.4) is 0 Å². The fourth-order valence-corrected chi connectivity index (χ4v) is 3.51. The highest BCUT2D eigenvalue weighted by atomic mass is 16.6. The van der Waals surface area contributed by atoms with E-state index in [1.54, 1.807) is 37.3 Å². The number of rotatable bonds is 7. The average molecular weight is 399 g/mol. The molecule has 8 heteroatoms. The molecule has 0 aromatic heterocycles. The van der Waals surface area contributed by atoms with Crippen LogP contribution in [0.4, 0.5) is 11.4 Å². The minimum absolute atomic E-state index is 0.128. The lowest BCUT2D eigenvalue weighted by atomic mass is 10.1. The molecule has 2 aromatic carbocycles. The van der Waals surface area contributed by atoms with Gasteiger partial charge in [0.1, 0.15) is 17.1 Å². The van der Waals surface area contributed by atoms with Gasteiger partial charge in [0.15, 0.2) is 0 Å². The highest BCUT2D eigenvalue weighted by Gasteiger charge is 2.27. The van der Waals surface area contributed by atoms with E-state index in [1.807, 2.05) is 24.1 Å². The molecule has 0 unspecified atom stereocenters. The standard InChI is InChI=1S/C21H25N3O5/c1-22(14-15-6-8-17(28-2)13-20(15)29-3)16-7-9-19(24(26)27)18(12-16)21(25)23-10-4-5-11-23/h6-9,12-13H,4-5,10-11,14H2,1-3H3. The molecule has 0 aliphatic carbocycles.